The number of benzene rings is 2. The molecule has 184 valence electrons. The molecule has 1 aliphatic heterocycles. The number of hydrogen-bond donors (Lipinski definition) is 1. The van der Waals surface area contributed by atoms with E-state index in [-0.39, 0.29) is 23.1 Å². The predicted octanol–water partition coefficient (Wildman–Crippen LogP) is 4.46. The van der Waals surface area contributed by atoms with Crippen LogP contribution < -0.4 is 5.32 Å². The molecular formula is C26H34N2O5S. The maximum Gasteiger partial charge on any atom is 0.338 e. The first-order chi connectivity index (χ1) is 16.1. The zero-order valence-electron chi connectivity index (χ0n) is 20.3. The Morgan fingerprint density at radius 2 is 1.68 bits per heavy atom. The minimum Gasteiger partial charge on any atom is -0.462 e. The van der Waals surface area contributed by atoms with Crippen LogP contribution in [0.25, 0.3) is 0 Å². The molecule has 0 bridgehead atoms. The molecule has 2 atom stereocenters. The van der Waals surface area contributed by atoms with Crippen LogP contribution in [0.2, 0.25) is 0 Å². The molecule has 1 N–H and O–H groups in total. The van der Waals surface area contributed by atoms with E-state index in [1.165, 1.54) is 16.4 Å². The van der Waals surface area contributed by atoms with Gasteiger partial charge in [-0.3, -0.25) is 4.79 Å². The number of hydrogen-bond acceptors (Lipinski definition) is 6. The number of carbonyl (C=O) groups is 2. The number of ketones is 1. The van der Waals surface area contributed by atoms with Crippen LogP contribution in [0, 0.1) is 17.8 Å². The average Bonchev–Trinajstić information content (AvgIpc) is 2.80. The predicted molar refractivity (Wildman–Crippen MR) is 133 cm³/mol. The Hall–Kier alpha value is -2.71. The molecule has 2 aromatic rings. The largest absolute Gasteiger partial charge is 0.462 e. The molecule has 0 aliphatic carbocycles. The minimum absolute atomic E-state index is 0.0359. The molecule has 1 heterocycles. The van der Waals surface area contributed by atoms with Gasteiger partial charge in [-0.2, -0.15) is 4.31 Å². The van der Waals surface area contributed by atoms with Crippen molar-refractivity contribution in [3.63, 3.8) is 0 Å². The van der Waals surface area contributed by atoms with Crippen LogP contribution in [0.1, 0.15) is 54.8 Å². The molecule has 0 radical (unpaired) electrons. The molecule has 0 amide bonds. The normalized spacial score (nSPS) is 19.1. The molecule has 3 rings (SSSR count). The third-order valence-corrected chi connectivity index (χ3v) is 7.56. The van der Waals surface area contributed by atoms with Gasteiger partial charge in [0.2, 0.25) is 10.0 Å². The summed E-state index contributed by atoms with van der Waals surface area (Å²) in [6.07, 6.45) is 1.01. The van der Waals surface area contributed by atoms with Crippen molar-refractivity contribution >= 4 is 27.5 Å². The van der Waals surface area contributed by atoms with Gasteiger partial charge >= 0.3 is 5.97 Å². The highest BCUT2D eigenvalue weighted by Crippen LogP contribution is 2.27. The second kappa shape index (κ2) is 11.1. The molecular weight excluding hydrogens is 452 g/mol. The van der Waals surface area contributed by atoms with Crippen molar-refractivity contribution in [2.24, 2.45) is 17.8 Å². The Labute approximate surface area is 202 Å². The molecule has 34 heavy (non-hydrogen) atoms. The molecule has 0 saturated carbocycles. The zero-order valence-corrected chi connectivity index (χ0v) is 21.1. The van der Waals surface area contributed by atoms with Crippen LogP contribution in [0.15, 0.2) is 53.4 Å². The summed E-state index contributed by atoms with van der Waals surface area (Å²) in [5.74, 6) is 0.175. The van der Waals surface area contributed by atoms with Crippen molar-refractivity contribution in [3.8, 4) is 0 Å². The summed E-state index contributed by atoms with van der Waals surface area (Å²) in [5, 5.41) is 3.02. The van der Waals surface area contributed by atoms with Gasteiger partial charge in [0.15, 0.2) is 5.78 Å². The summed E-state index contributed by atoms with van der Waals surface area (Å²) in [6.45, 7) is 9.32. The fourth-order valence-corrected chi connectivity index (χ4v) is 5.87. The Morgan fingerprint density at radius 1 is 1.03 bits per heavy atom. The number of sulfonamides is 1. The van der Waals surface area contributed by atoms with E-state index in [1.54, 1.807) is 36.4 Å². The highest BCUT2D eigenvalue weighted by Gasteiger charge is 2.32. The van der Waals surface area contributed by atoms with Crippen LogP contribution in [0.3, 0.4) is 0 Å². The van der Waals surface area contributed by atoms with Gasteiger partial charge in [-0.1, -0.05) is 45.9 Å². The fraction of sp³-hybridized carbons (Fsp3) is 0.462. The third-order valence-electron chi connectivity index (χ3n) is 5.73. The van der Waals surface area contributed by atoms with Crippen LogP contribution >= 0.6 is 0 Å². The molecule has 0 aromatic heterocycles. The van der Waals surface area contributed by atoms with E-state index in [1.807, 2.05) is 13.8 Å². The lowest BCUT2D eigenvalue weighted by Gasteiger charge is -2.34. The first kappa shape index (κ1) is 25.9. The minimum atomic E-state index is -3.67. The molecule has 1 fully saturated rings. The van der Waals surface area contributed by atoms with Crippen LogP contribution in [0.5, 0.6) is 0 Å². The number of nitrogens with zero attached hydrogens (tertiary/aromatic N) is 1. The number of ether oxygens (including phenoxy) is 1. The maximum absolute atomic E-state index is 13.2. The van der Waals surface area contributed by atoms with Gasteiger partial charge in [0.05, 0.1) is 23.6 Å². The van der Waals surface area contributed by atoms with Crippen LogP contribution in [-0.4, -0.2) is 50.7 Å². The van der Waals surface area contributed by atoms with Crippen molar-refractivity contribution in [1.29, 1.82) is 0 Å². The summed E-state index contributed by atoms with van der Waals surface area (Å²) in [5.41, 5.74) is 1.32. The average molecular weight is 487 g/mol. The van der Waals surface area contributed by atoms with Gasteiger partial charge in [-0.15, -0.1) is 0 Å². The molecule has 7 nitrogen and oxygen atoms in total. The lowest BCUT2D eigenvalue weighted by atomic mass is 9.94. The fourth-order valence-electron chi connectivity index (χ4n) is 4.15. The molecule has 2 aromatic carbocycles. The van der Waals surface area contributed by atoms with Gasteiger partial charge in [0.25, 0.3) is 0 Å². The SMILES string of the molecule is CC(C)COC(=O)c1cccc(NCC(=O)c2cccc(S(=O)(=O)N3CC(C)CC(C)C3)c2)c1. The Kier molecular flexibility index (Phi) is 8.49. The standard InChI is InChI=1S/C26H34N2O5S/c1-18(2)17-33-26(30)22-8-5-9-23(12-22)27-14-25(29)21-7-6-10-24(13-21)34(31,32)28-15-19(3)11-20(4)16-28/h5-10,12-13,18-20,27H,11,14-17H2,1-4H3. The Bertz CT molecular complexity index is 1120. The number of rotatable bonds is 9. The quantitative estimate of drug-likeness (QED) is 0.416. The smallest absolute Gasteiger partial charge is 0.338 e. The van der Waals surface area contributed by atoms with Gasteiger partial charge in [0.1, 0.15) is 0 Å². The van der Waals surface area contributed by atoms with E-state index in [0.29, 0.717) is 48.3 Å². The molecule has 1 aliphatic rings. The summed E-state index contributed by atoms with van der Waals surface area (Å²) >= 11 is 0. The molecule has 0 spiro atoms. The van der Waals surface area contributed by atoms with Crippen molar-refractivity contribution in [1.82, 2.24) is 4.31 Å². The van der Waals surface area contributed by atoms with Gasteiger partial charge < -0.3 is 10.1 Å². The molecule has 1 saturated heterocycles. The summed E-state index contributed by atoms with van der Waals surface area (Å²) in [7, 11) is -3.67. The van der Waals surface area contributed by atoms with Crippen LogP contribution in [-0.2, 0) is 14.8 Å². The van der Waals surface area contributed by atoms with E-state index < -0.39 is 16.0 Å². The van der Waals surface area contributed by atoms with Gasteiger partial charge in [-0.25, -0.2) is 13.2 Å². The van der Waals surface area contributed by atoms with Gasteiger partial charge in [0, 0.05) is 24.3 Å². The van der Waals surface area contributed by atoms with Crippen molar-refractivity contribution in [2.45, 2.75) is 39.0 Å². The lowest BCUT2D eigenvalue weighted by Crippen LogP contribution is -2.42. The number of carbonyl (C=O) groups excluding carboxylic acids is 2. The highest BCUT2D eigenvalue weighted by molar-refractivity contribution is 7.89. The van der Waals surface area contributed by atoms with E-state index in [9.17, 15) is 18.0 Å². The summed E-state index contributed by atoms with van der Waals surface area (Å²) in [4.78, 5) is 25.1. The van der Waals surface area contributed by atoms with Crippen LogP contribution in [0.4, 0.5) is 5.69 Å². The molecule has 8 heteroatoms. The lowest BCUT2D eigenvalue weighted by molar-refractivity contribution is 0.0459. The maximum atomic E-state index is 13.2. The first-order valence-corrected chi connectivity index (χ1v) is 13.1. The Balaban J connectivity index is 1.67. The highest BCUT2D eigenvalue weighted by atomic mass is 32.2. The summed E-state index contributed by atoms with van der Waals surface area (Å²) < 4.78 is 33.1. The van der Waals surface area contributed by atoms with Gasteiger partial charge in [-0.05, 0) is 54.5 Å². The van der Waals surface area contributed by atoms with E-state index in [2.05, 4.69) is 19.2 Å². The summed E-state index contributed by atoms with van der Waals surface area (Å²) in [6, 6.07) is 13.0. The first-order valence-electron chi connectivity index (χ1n) is 11.7. The number of piperidine rings is 1. The topological polar surface area (TPSA) is 92.8 Å². The van der Waals surface area contributed by atoms with E-state index >= 15 is 0 Å². The number of nitrogens with one attached hydrogen (secondary N) is 1. The second-order valence-electron chi connectivity index (χ2n) is 9.65. The number of Topliss-reactive ketones (excluding diaryl/α,β-unsaturated/α-hetero) is 1. The third kappa shape index (κ3) is 6.67. The zero-order chi connectivity index (χ0) is 24.9. The Morgan fingerprint density at radius 3 is 2.35 bits per heavy atom. The van der Waals surface area contributed by atoms with E-state index in [4.69, 9.17) is 4.74 Å². The van der Waals surface area contributed by atoms with Crippen molar-refractivity contribution < 1.29 is 22.7 Å². The second-order valence-corrected chi connectivity index (χ2v) is 11.6. The number of esters is 1. The van der Waals surface area contributed by atoms with E-state index in [0.717, 1.165) is 6.42 Å². The molecule has 2 unspecified atom stereocenters. The van der Waals surface area contributed by atoms with Crippen molar-refractivity contribution in [2.75, 3.05) is 31.6 Å². The number of anilines is 1. The monoisotopic (exact) mass is 486 g/mol. The van der Waals surface area contributed by atoms with Crippen molar-refractivity contribution in [3.05, 3.63) is 59.7 Å².